The zero-order valence-corrected chi connectivity index (χ0v) is 17.5. The molecule has 2 aromatic rings. The second-order valence-electron chi connectivity index (χ2n) is 7.73. The van der Waals surface area contributed by atoms with Crippen LogP contribution in [0.5, 0.6) is 0 Å². The summed E-state index contributed by atoms with van der Waals surface area (Å²) in [6.07, 6.45) is 4.19. The predicted molar refractivity (Wildman–Crippen MR) is 116 cm³/mol. The molecule has 1 N–H and O–H groups in total. The van der Waals surface area contributed by atoms with Crippen LogP contribution < -0.4 is 15.2 Å². The normalized spacial score (nSPS) is 17.3. The van der Waals surface area contributed by atoms with Crippen LogP contribution >= 0.6 is 0 Å². The van der Waals surface area contributed by atoms with Crippen LogP contribution in [0.4, 0.5) is 17.8 Å². The lowest BCUT2D eigenvalue weighted by Gasteiger charge is -2.27. The highest BCUT2D eigenvalue weighted by atomic mass is 16.5. The van der Waals surface area contributed by atoms with Gasteiger partial charge in [-0.15, -0.1) is 0 Å². The van der Waals surface area contributed by atoms with Gasteiger partial charge in [-0.05, 0) is 44.7 Å². The van der Waals surface area contributed by atoms with Crippen molar-refractivity contribution in [3.63, 3.8) is 0 Å². The molecule has 0 spiro atoms. The highest BCUT2D eigenvalue weighted by Crippen LogP contribution is 2.21. The Morgan fingerprint density at radius 2 is 1.48 bits per heavy atom. The van der Waals surface area contributed by atoms with E-state index in [0.717, 1.165) is 37.7 Å². The van der Waals surface area contributed by atoms with Crippen molar-refractivity contribution < 1.29 is 4.74 Å². The van der Waals surface area contributed by atoms with Crippen molar-refractivity contribution in [2.75, 3.05) is 54.6 Å². The molecule has 3 heterocycles. The maximum absolute atomic E-state index is 5.46. The number of nitrogens with one attached hydrogen (secondary N) is 1. The van der Waals surface area contributed by atoms with Gasteiger partial charge in [0.05, 0.1) is 19.4 Å². The average Bonchev–Trinajstić information content (AvgIpc) is 3.25. The van der Waals surface area contributed by atoms with E-state index in [1.54, 1.807) is 0 Å². The lowest BCUT2D eigenvalue weighted by molar-refractivity contribution is 0.122. The fourth-order valence-electron chi connectivity index (χ4n) is 3.92. The minimum absolute atomic E-state index is 0.474. The number of benzene rings is 1. The Labute approximate surface area is 172 Å². The smallest absolute Gasteiger partial charge is 0.250 e. The van der Waals surface area contributed by atoms with E-state index >= 15 is 0 Å². The van der Waals surface area contributed by atoms with Gasteiger partial charge in [0, 0.05) is 31.7 Å². The van der Waals surface area contributed by atoms with Crippen molar-refractivity contribution in [3.8, 4) is 0 Å². The predicted octanol–water partition coefficient (Wildman–Crippen LogP) is 2.68. The molecule has 0 saturated carbocycles. The fraction of sp³-hybridized carbons (Fsp3) is 0.524. The summed E-state index contributed by atoms with van der Waals surface area (Å²) in [5, 5.41) is 4.43. The number of nitrogens with zero attached hydrogens (tertiary/aromatic N) is 6. The van der Waals surface area contributed by atoms with Crippen LogP contribution in [0.2, 0.25) is 0 Å². The van der Waals surface area contributed by atoms with Gasteiger partial charge in [-0.25, -0.2) is 5.43 Å². The fourth-order valence-corrected chi connectivity index (χ4v) is 3.92. The van der Waals surface area contributed by atoms with E-state index in [-0.39, 0.29) is 0 Å². The lowest BCUT2D eigenvalue weighted by Crippen LogP contribution is -2.38. The summed E-state index contributed by atoms with van der Waals surface area (Å²) >= 11 is 0. The van der Waals surface area contributed by atoms with Gasteiger partial charge in [0.1, 0.15) is 0 Å². The van der Waals surface area contributed by atoms with E-state index in [9.17, 15) is 0 Å². The van der Waals surface area contributed by atoms with Crippen molar-refractivity contribution in [2.24, 2.45) is 5.10 Å². The Bertz CT molecular complexity index is 864. The van der Waals surface area contributed by atoms with Crippen molar-refractivity contribution in [2.45, 2.75) is 33.6 Å². The first-order valence-electron chi connectivity index (χ1n) is 10.3. The number of morpholine rings is 1. The first-order chi connectivity index (χ1) is 14.1. The van der Waals surface area contributed by atoms with Gasteiger partial charge >= 0.3 is 0 Å². The van der Waals surface area contributed by atoms with Gasteiger partial charge < -0.3 is 14.5 Å². The highest BCUT2D eigenvalue weighted by Gasteiger charge is 2.21. The average molecular weight is 396 g/mol. The summed E-state index contributed by atoms with van der Waals surface area (Å²) in [6.45, 7) is 11.2. The van der Waals surface area contributed by atoms with E-state index in [1.165, 1.54) is 29.5 Å². The summed E-state index contributed by atoms with van der Waals surface area (Å²) in [7, 11) is 0. The van der Waals surface area contributed by atoms with Gasteiger partial charge in [0.25, 0.3) is 0 Å². The minimum Gasteiger partial charge on any atom is -0.378 e. The molecule has 2 aliphatic heterocycles. The molecule has 0 amide bonds. The maximum atomic E-state index is 5.46. The Balaban J connectivity index is 1.58. The first-order valence-corrected chi connectivity index (χ1v) is 10.3. The topological polar surface area (TPSA) is 78.8 Å². The zero-order valence-electron chi connectivity index (χ0n) is 17.5. The molecule has 154 valence electrons. The number of ether oxygens (including phenoxy) is 1. The number of hydrogen-bond donors (Lipinski definition) is 1. The Morgan fingerprint density at radius 3 is 2.10 bits per heavy atom. The molecule has 1 aromatic carbocycles. The minimum atomic E-state index is 0.474. The standard InChI is InChI=1S/C21H29N7O/c1-15-12-16(2)18(17(3)13-15)14-22-26-19-23-20(27-6-4-5-7-27)25-21(24-19)28-8-10-29-11-9-28/h12-14H,4-11H2,1-3H3,(H,23,24,25,26)/b22-14-. The summed E-state index contributed by atoms with van der Waals surface area (Å²) in [6, 6.07) is 4.33. The SMILES string of the molecule is Cc1cc(C)c(/C=N\Nc2nc(N3CCCC3)nc(N3CCOCC3)n2)c(C)c1. The Hall–Kier alpha value is -2.74. The van der Waals surface area contributed by atoms with E-state index in [2.05, 4.69) is 63.2 Å². The maximum Gasteiger partial charge on any atom is 0.250 e. The van der Waals surface area contributed by atoms with Crippen molar-refractivity contribution in [3.05, 3.63) is 34.4 Å². The second-order valence-corrected chi connectivity index (χ2v) is 7.73. The number of anilines is 3. The van der Waals surface area contributed by atoms with E-state index < -0.39 is 0 Å². The number of aryl methyl sites for hydroxylation is 3. The third-order valence-electron chi connectivity index (χ3n) is 5.39. The molecule has 29 heavy (non-hydrogen) atoms. The van der Waals surface area contributed by atoms with Crippen LogP contribution in [0.15, 0.2) is 17.2 Å². The van der Waals surface area contributed by atoms with Gasteiger partial charge in [0.15, 0.2) is 0 Å². The van der Waals surface area contributed by atoms with E-state index in [0.29, 0.717) is 25.1 Å². The monoisotopic (exact) mass is 395 g/mol. The molecule has 0 radical (unpaired) electrons. The second kappa shape index (κ2) is 8.73. The van der Waals surface area contributed by atoms with Gasteiger partial charge in [-0.1, -0.05) is 17.7 Å². The lowest BCUT2D eigenvalue weighted by atomic mass is 10.0. The zero-order chi connectivity index (χ0) is 20.2. The molecule has 2 aliphatic rings. The number of hydrazone groups is 1. The third kappa shape index (κ3) is 4.64. The molecule has 8 nitrogen and oxygen atoms in total. The molecule has 0 unspecified atom stereocenters. The van der Waals surface area contributed by atoms with E-state index in [1.807, 2.05) is 6.21 Å². The largest absolute Gasteiger partial charge is 0.378 e. The van der Waals surface area contributed by atoms with Crippen LogP contribution in [-0.2, 0) is 4.74 Å². The summed E-state index contributed by atoms with van der Waals surface area (Å²) in [5.74, 6) is 1.88. The first kappa shape index (κ1) is 19.6. The van der Waals surface area contributed by atoms with Gasteiger partial charge in [0.2, 0.25) is 17.8 Å². The highest BCUT2D eigenvalue weighted by molar-refractivity contribution is 5.84. The number of hydrogen-bond acceptors (Lipinski definition) is 8. The molecule has 0 bridgehead atoms. The summed E-state index contributed by atoms with van der Waals surface area (Å²) in [5.41, 5.74) is 7.81. The molecule has 0 atom stereocenters. The Kier molecular flexibility index (Phi) is 5.89. The van der Waals surface area contributed by atoms with Crippen LogP contribution in [0.3, 0.4) is 0 Å². The molecular formula is C21H29N7O. The quantitative estimate of drug-likeness (QED) is 0.616. The molecule has 4 rings (SSSR count). The van der Waals surface area contributed by atoms with Gasteiger partial charge in [-0.2, -0.15) is 20.1 Å². The van der Waals surface area contributed by atoms with Gasteiger partial charge in [-0.3, -0.25) is 0 Å². The number of aromatic nitrogens is 3. The van der Waals surface area contributed by atoms with Crippen LogP contribution in [0, 0.1) is 20.8 Å². The number of rotatable bonds is 5. The summed E-state index contributed by atoms with van der Waals surface area (Å²) in [4.78, 5) is 18.3. The Morgan fingerprint density at radius 1 is 0.897 bits per heavy atom. The van der Waals surface area contributed by atoms with Crippen LogP contribution in [-0.4, -0.2) is 60.6 Å². The molecule has 1 aromatic heterocycles. The summed E-state index contributed by atoms with van der Waals surface area (Å²) < 4.78 is 5.46. The molecule has 2 fully saturated rings. The van der Waals surface area contributed by atoms with Crippen molar-refractivity contribution in [1.82, 2.24) is 15.0 Å². The van der Waals surface area contributed by atoms with Crippen molar-refractivity contribution in [1.29, 1.82) is 0 Å². The molecular weight excluding hydrogens is 366 g/mol. The molecule has 8 heteroatoms. The van der Waals surface area contributed by atoms with Crippen LogP contribution in [0.1, 0.15) is 35.1 Å². The van der Waals surface area contributed by atoms with E-state index in [4.69, 9.17) is 9.72 Å². The van der Waals surface area contributed by atoms with Crippen molar-refractivity contribution >= 4 is 24.1 Å². The van der Waals surface area contributed by atoms with Crippen LogP contribution in [0.25, 0.3) is 0 Å². The molecule has 2 saturated heterocycles. The molecule has 0 aliphatic carbocycles. The third-order valence-corrected chi connectivity index (χ3v) is 5.39.